The standard InChI is InChI=1S/C18H18O6/c1-21-12-6-4-10(5-7-12)13-8-11-9-14(22-2)17(23-3)16(19)15(11)18(20)24-13/h4-7,9,13,19H,8H2,1-3H3/t13-/m0/s1. The molecule has 3 rings (SSSR count). The van der Waals surface area contributed by atoms with Crippen LogP contribution in [0.15, 0.2) is 30.3 Å². The number of fused-ring (bicyclic) bond motifs is 1. The minimum Gasteiger partial charge on any atom is -0.504 e. The largest absolute Gasteiger partial charge is 0.504 e. The second kappa shape index (κ2) is 6.31. The van der Waals surface area contributed by atoms with E-state index in [1.165, 1.54) is 14.2 Å². The van der Waals surface area contributed by atoms with Crippen molar-refractivity contribution in [3.8, 4) is 23.0 Å². The van der Waals surface area contributed by atoms with Gasteiger partial charge < -0.3 is 24.1 Å². The Labute approximate surface area is 139 Å². The van der Waals surface area contributed by atoms with Gasteiger partial charge in [0.25, 0.3) is 0 Å². The maximum absolute atomic E-state index is 12.4. The fourth-order valence-electron chi connectivity index (χ4n) is 2.85. The molecule has 1 atom stereocenters. The number of carbonyl (C=O) groups excluding carboxylic acids is 1. The van der Waals surface area contributed by atoms with Gasteiger partial charge in [-0.1, -0.05) is 12.1 Å². The Morgan fingerprint density at radius 3 is 2.38 bits per heavy atom. The molecule has 126 valence electrons. The fourth-order valence-corrected chi connectivity index (χ4v) is 2.85. The van der Waals surface area contributed by atoms with Crippen molar-refractivity contribution in [1.29, 1.82) is 0 Å². The van der Waals surface area contributed by atoms with Crippen molar-refractivity contribution in [2.45, 2.75) is 12.5 Å². The van der Waals surface area contributed by atoms with Crippen molar-refractivity contribution in [2.24, 2.45) is 0 Å². The van der Waals surface area contributed by atoms with Crippen molar-refractivity contribution in [2.75, 3.05) is 21.3 Å². The molecule has 1 N–H and O–H groups in total. The van der Waals surface area contributed by atoms with E-state index in [4.69, 9.17) is 18.9 Å². The van der Waals surface area contributed by atoms with E-state index in [-0.39, 0.29) is 17.1 Å². The lowest BCUT2D eigenvalue weighted by atomic mass is 9.93. The molecule has 2 aromatic carbocycles. The Morgan fingerprint density at radius 1 is 1.08 bits per heavy atom. The molecule has 0 aromatic heterocycles. The van der Waals surface area contributed by atoms with E-state index in [9.17, 15) is 9.90 Å². The van der Waals surface area contributed by atoms with Crippen LogP contribution in [0.4, 0.5) is 0 Å². The first kappa shape index (κ1) is 16.0. The number of hydrogen-bond donors (Lipinski definition) is 1. The zero-order valence-corrected chi connectivity index (χ0v) is 13.7. The summed E-state index contributed by atoms with van der Waals surface area (Å²) in [5.41, 5.74) is 1.63. The summed E-state index contributed by atoms with van der Waals surface area (Å²) in [4.78, 5) is 12.4. The first-order chi connectivity index (χ1) is 11.6. The second-order valence-electron chi connectivity index (χ2n) is 5.37. The zero-order valence-electron chi connectivity index (χ0n) is 13.7. The predicted octanol–water partition coefficient (Wildman–Crippen LogP) is 2.87. The number of ether oxygens (including phenoxy) is 4. The zero-order chi connectivity index (χ0) is 17.3. The van der Waals surface area contributed by atoms with Crippen LogP contribution in [0.2, 0.25) is 0 Å². The first-order valence-electron chi connectivity index (χ1n) is 7.40. The number of benzene rings is 2. The van der Waals surface area contributed by atoms with Crippen molar-refractivity contribution in [3.63, 3.8) is 0 Å². The smallest absolute Gasteiger partial charge is 0.342 e. The van der Waals surface area contributed by atoms with Crippen LogP contribution in [0.1, 0.15) is 27.6 Å². The summed E-state index contributed by atoms with van der Waals surface area (Å²) < 4.78 is 21.0. The third-order valence-corrected chi connectivity index (χ3v) is 4.07. The number of hydrogen-bond acceptors (Lipinski definition) is 6. The van der Waals surface area contributed by atoms with Crippen LogP contribution >= 0.6 is 0 Å². The lowest BCUT2D eigenvalue weighted by Gasteiger charge is -2.26. The molecule has 24 heavy (non-hydrogen) atoms. The summed E-state index contributed by atoms with van der Waals surface area (Å²) in [6.07, 6.45) is -0.00480. The molecular weight excluding hydrogens is 312 g/mol. The van der Waals surface area contributed by atoms with Gasteiger partial charge in [0.05, 0.1) is 21.3 Å². The number of phenolic OH excluding ortho intramolecular Hbond substituents is 1. The average Bonchev–Trinajstić information content (AvgIpc) is 2.60. The molecule has 0 spiro atoms. The van der Waals surface area contributed by atoms with Gasteiger partial charge in [-0.3, -0.25) is 0 Å². The molecule has 0 amide bonds. The molecule has 0 bridgehead atoms. The normalized spacial score (nSPS) is 16.1. The van der Waals surface area contributed by atoms with Gasteiger partial charge in [0, 0.05) is 6.42 Å². The molecule has 0 unspecified atom stereocenters. The molecule has 0 saturated carbocycles. The van der Waals surface area contributed by atoms with Crippen LogP contribution in [0.3, 0.4) is 0 Å². The highest BCUT2D eigenvalue weighted by molar-refractivity contribution is 5.97. The summed E-state index contributed by atoms with van der Waals surface area (Å²) in [5, 5.41) is 10.3. The van der Waals surface area contributed by atoms with Crippen LogP contribution < -0.4 is 14.2 Å². The van der Waals surface area contributed by atoms with Crippen molar-refractivity contribution < 1.29 is 28.8 Å². The van der Waals surface area contributed by atoms with Crippen LogP contribution in [0.25, 0.3) is 0 Å². The Bertz CT molecular complexity index is 766. The Kier molecular flexibility index (Phi) is 4.20. The number of aromatic hydroxyl groups is 1. The number of cyclic esters (lactones) is 1. The highest BCUT2D eigenvalue weighted by Crippen LogP contribution is 2.45. The molecule has 6 heteroatoms. The molecule has 1 aliphatic rings. The SMILES string of the molecule is COc1ccc([C@@H]2Cc3cc(OC)c(OC)c(O)c3C(=O)O2)cc1. The summed E-state index contributed by atoms with van der Waals surface area (Å²) >= 11 is 0. The van der Waals surface area contributed by atoms with Crippen molar-refractivity contribution in [1.82, 2.24) is 0 Å². The van der Waals surface area contributed by atoms with Crippen molar-refractivity contribution >= 4 is 5.97 Å². The number of carbonyl (C=O) groups is 1. The summed E-state index contributed by atoms with van der Waals surface area (Å²) in [7, 11) is 4.47. The number of methoxy groups -OCH3 is 3. The number of rotatable bonds is 4. The van der Waals surface area contributed by atoms with Gasteiger partial charge in [-0.2, -0.15) is 0 Å². The van der Waals surface area contributed by atoms with Crippen LogP contribution in [0.5, 0.6) is 23.0 Å². The molecule has 0 aliphatic carbocycles. The topological polar surface area (TPSA) is 74.2 Å². The second-order valence-corrected chi connectivity index (χ2v) is 5.37. The molecule has 2 aromatic rings. The minimum absolute atomic E-state index is 0.121. The van der Waals surface area contributed by atoms with E-state index in [0.29, 0.717) is 17.7 Å². The van der Waals surface area contributed by atoms with Crippen LogP contribution in [-0.4, -0.2) is 32.4 Å². The number of phenols is 1. The van der Waals surface area contributed by atoms with E-state index >= 15 is 0 Å². The Morgan fingerprint density at radius 2 is 1.79 bits per heavy atom. The average molecular weight is 330 g/mol. The Hall–Kier alpha value is -2.89. The molecular formula is C18H18O6. The summed E-state index contributed by atoms with van der Waals surface area (Å²) in [6, 6.07) is 9.02. The molecule has 0 fully saturated rings. The third kappa shape index (κ3) is 2.60. The lowest BCUT2D eigenvalue weighted by Crippen LogP contribution is -2.22. The summed E-state index contributed by atoms with van der Waals surface area (Å²) in [6.45, 7) is 0. The maximum Gasteiger partial charge on any atom is 0.342 e. The first-order valence-corrected chi connectivity index (χ1v) is 7.40. The van der Waals surface area contributed by atoms with E-state index < -0.39 is 12.1 Å². The number of esters is 1. The van der Waals surface area contributed by atoms with Crippen molar-refractivity contribution in [3.05, 3.63) is 47.0 Å². The van der Waals surface area contributed by atoms with E-state index in [2.05, 4.69) is 0 Å². The van der Waals surface area contributed by atoms with E-state index in [1.54, 1.807) is 13.2 Å². The maximum atomic E-state index is 12.4. The Balaban J connectivity index is 2.00. The van der Waals surface area contributed by atoms with Gasteiger partial charge in [-0.05, 0) is 29.3 Å². The molecule has 6 nitrogen and oxygen atoms in total. The highest BCUT2D eigenvalue weighted by Gasteiger charge is 2.33. The van der Waals surface area contributed by atoms with Gasteiger partial charge in [-0.15, -0.1) is 0 Å². The fraction of sp³-hybridized carbons (Fsp3) is 0.278. The van der Waals surface area contributed by atoms with Gasteiger partial charge in [-0.25, -0.2) is 4.79 Å². The molecule has 1 aliphatic heterocycles. The van der Waals surface area contributed by atoms with Crippen LogP contribution in [-0.2, 0) is 11.2 Å². The molecule has 1 heterocycles. The summed E-state index contributed by atoms with van der Waals surface area (Å²) in [5.74, 6) is 0.374. The van der Waals surface area contributed by atoms with Gasteiger partial charge in [0.2, 0.25) is 5.75 Å². The quantitative estimate of drug-likeness (QED) is 0.869. The lowest BCUT2D eigenvalue weighted by molar-refractivity contribution is 0.0247. The van der Waals surface area contributed by atoms with Gasteiger partial charge in [0.1, 0.15) is 17.4 Å². The van der Waals surface area contributed by atoms with E-state index in [0.717, 1.165) is 11.3 Å². The third-order valence-electron chi connectivity index (χ3n) is 4.07. The van der Waals surface area contributed by atoms with Gasteiger partial charge >= 0.3 is 5.97 Å². The molecule has 0 radical (unpaired) electrons. The van der Waals surface area contributed by atoms with Crippen LogP contribution in [0, 0.1) is 0 Å². The monoisotopic (exact) mass is 330 g/mol. The molecule has 0 saturated heterocycles. The minimum atomic E-state index is -0.587. The highest BCUT2D eigenvalue weighted by atomic mass is 16.5. The van der Waals surface area contributed by atoms with E-state index in [1.807, 2.05) is 24.3 Å². The predicted molar refractivity (Wildman–Crippen MR) is 86.1 cm³/mol. The van der Waals surface area contributed by atoms with Gasteiger partial charge in [0.15, 0.2) is 11.5 Å².